The van der Waals surface area contributed by atoms with Crippen molar-refractivity contribution in [1.82, 2.24) is 15.1 Å². The van der Waals surface area contributed by atoms with Gasteiger partial charge < -0.3 is 58.5 Å². The van der Waals surface area contributed by atoms with Crippen LogP contribution in [0.5, 0.6) is 0 Å². The van der Waals surface area contributed by atoms with Gasteiger partial charge in [-0.05, 0) is 47.7 Å². The van der Waals surface area contributed by atoms with E-state index in [4.69, 9.17) is 61.1 Å². The number of hydrogen-bond acceptors (Lipinski definition) is 13. The molecule has 0 aromatic heterocycles. The average Bonchev–Trinajstić information content (AvgIpc) is 3.64. The molecule has 0 saturated carbocycles. The third-order valence-corrected chi connectivity index (χ3v) is 10.1. The molecule has 3 rings (SSSR count). The minimum Gasteiger partial charge on any atom is -0.447 e. The summed E-state index contributed by atoms with van der Waals surface area (Å²) < 4.78 is 42.8. The van der Waals surface area contributed by atoms with Crippen molar-refractivity contribution in [3.8, 4) is 0 Å². The lowest BCUT2D eigenvalue weighted by Gasteiger charge is -2.32. The van der Waals surface area contributed by atoms with Crippen LogP contribution in [0, 0.1) is 5.92 Å². The Kier molecular flexibility index (Phi) is 25.6. The predicted octanol–water partition coefficient (Wildman–Crippen LogP) is 4.24. The minimum atomic E-state index is -0.891. The number of nitrogens with one attached hydrogen (secondary N) is 2. The van der Waals surface area contributed by atoms with Crippen LogP contribution >= 0.6 is 23.2 Å². The molecular weight excluding hydrogens is 823 g/mol. The molecule has 3 amide bonds. The lowest BCUT2D eigenvalue weighted by Crippen LogP contribution is -2.47. The number of likely N-dealkylation sites (tertiary alicyclic amines) is 1. The molecule has 0 radical (unpaired) electrons. The van der Waals surface area contributed by atoms with Crippen molar-refractivity contribution in [2.24, 2.45) is 5.92 Å². The monoisotopic (exact) mass is 886 g/mol. The Balaban J connectivity index is 1.35. The second-order valence-electron chi connectivity index (χ2n) is 14.4. The van der Waals surface area contributed by atoms with Crippen LogP contribution in [0.2, 0.25) is 10.0 Å². The van der Waals surface area contributed by atoms with Crippen molar-refractivity contribution in [2.75, 3.05) is 132 Å². The highest BCUT2D eigenvalue weighted by atomic mass is 35.5. The second-order valence-corrected chi connectivity index (χ2v) is 15.2. The highest BCUT2D eigenvalue weighted by Crippen LogP contribution is 2.28. The first-order chi connectivity index (χ1) is 29.0. The Morgan fingerprint density at radius 3 is 1.88 bits per heavy atom. The van der Waals surface area contributed by atoms with Gasteiger partial charge in [0, 0.05) is 39.5 Å². The molecule has 0 aliphatic carbocycles. The van der Waals surface area contributed by atoms with E-state index in [0.29, 0.717) is 121 Å². The number of anilines is 1. The Morgan fingerprint density at radius 2 is 1.37 bits per heavy atom. The number of benzene rings is 2. The zero-order valence-electron chi connectivity index (χ0n) is 35.4. The summed E-state index contributed by atoms with van der Waals surface area (Å²) in [6, 6.07) is 11.1. The zero-order chi connectivity index (χ0) is 43.5. The van der Waals surface area contributed by atoms with Gasteiger partial charge in [0.15, 0.2) is 0 Å². The van der Waals surface area contributed by atoms with Crippen LogP contribution in [-0.2, 0) is 53.9 Å². The van der Waals surface area contributed by atoms with Crippen LogP contribution in [0.15, 0.2) is 42.5 Å². The predicted molar refractivity (Wildman–Crippen MR) is 228 cm³/mol. The first-order valence-electron chi connectivity index (χ1n) is 20.4. The summed E-state index contributed by atoms with van der Waals surface area (Å²) in [6.07, 6.45) is -0.411. The summed E-state index contributed by atoms with van der Waals surface area (Å²) in [4.78, 5) is 43.5. The van der Waals surface area contributed by atoms with Gasteiger partial charge in [-0.25, -0.2) is 4.79 Å². The second kappa shape index (κ2) is 30.0. The minimum absolute atomic E-state index is 0.0106. The molecule has 2 aromatic rings. The fourth-order valence-corrected chi connectivity index (χ4v) is 6.40. The van der Waals surface area contributed by atoms with Crippen LogP contribution in [-0.4, -0.2) is 171 Å². The lowest BCUT2D eigenvalue weighted by molar-refractivity contribution is -0.131. The van der Waals surface area contributed by atoms with E-state index in [0.717, 1.165) is 11.1 Å². The van der Waals surface area contributed by atoms with E-state index in [1.54, 1.807) is 49.4 Å². The largest absolute Gasteiger partial charge is 0.447 e. The van der Waals surface area contributed by atoms with Crippen molar-refractivity contribution < 1.29 is 57.4 Å². The molecule has 338 valence electrons. The molecular formula is C42H64Cl2N4O12. The third-order valence-electron chi connectivity index (χ3n) is 9.39. The first-order valence-corrected chi connectivity index (χ1v) is 21.1. The van der Waals surface area contributed by atoms with Gasteiger partial charge in [0.25, 0.3) is 0 Å². The molecule has 60 heavy (non-hydrogen) atoms. The Morgan fingerprint density at radius 1 is 0.800 bits per heavy atom. The molecule has 0 unspecified atom stereocenters. The number of β-amino-alcohol motifs (C(OH)–C–C–N with tert-alkyl or cyclic N) is 1. The van der Waals surface area contributed by atoms with E-state index in [1.165, 1.54) is 0 Å². The summed E-state index contributed by atoms with van der Waals surface area (Å²) in [7, 11) is 3.37. The molecule has 3 N–H and O–H groups in total. The van der Waals surface area contributed by atoms with E-state index in [-0.39, 0.29) is 31.5 Å². The van der Waals surface area contributed by atoms with Crippen molar-refractivity contribution in [2.45, 2.75) is 44.9 Å². The molecule has 16 nitrogen and oxygen atoms in total. The molecule has 1 aliphatic heterocycles. The summed E-state index contributed by atoms with van der Waals surface area (Å²) >= 11 is 12.3. The van der Waals surface area contributed by atoms with Crippen LogP contribution < -0.4 is 10.6 Å². The highest BCUT2D eigenvalue weighted by Gasteiger charge is 2.29. The summed E-state index contributed by atoms with van der Waals surface area (Å²) in [5, 5.41) is 16.6. The molecule has 0 spiro atoms. The van der Waals surface area contributed by atoms with Crippen LogP contribution in [0.25, 0.3) is 0 Å². The number of rotatable bonds is 31. The van der Waals surface area contributed by atoms with Crippen LogP contribution in [0.4, 0.5) is 10.5 Å². The first kappa shape index (κ1) is 51.2. The SMILES string of the molecule is COCCOCCOCCOCCOCCOCCOCCOC(=O)N[C@H](C(=O)Nc1cccc([C@@H](CN2CC[C@H](O)C2)N(C)C(=O)Cc2ccc(Cl)c(Cl)c2)c1)C(C)C. The maximum Gasteiger partial charge on any atom is 0.407 e. The molecule has 1 aliphatic rings. The van der Waals surface area contributed by atoms with Gasteiger partial charge in [0.05, 0.1) is 115 Å². The Hall–Kier alpha value is -3.13. The standard InChI is InChI=1S/C42H64Cl2N4O12/c1-31(2)40(46-42(52)60-25-24-59-23-22-58-21-20-57-19-18-56-17-16-55-15-14-54-13-12-53-4)41(51)45-34-7-5-6-33(28-34)38(30-48-11-10-35(49)29-48)47(3)39(50)27-32-8-9-36(43)37(44)26-32/h5-9,26,28,31,35,38,40,49H,10-25,27,29-30H2,1-4H3,(H,45,51)(H,46,52)/t35-,38+,40-/m0/s1. The topological polar surface area (TPSA) is 176 Å². The number of nitrogens with zero attached hydrogens (tertiary/aromatic N) is 2. The van der Waals surface area contributed by atoms with Gasteiger partial charge in [0.2, 0.25) is 11.8 Å². The Labute approximate surface area is 364 Å². The van der Waals surface area contributed by atoms with Gasteiger partial charge >= 0.3 is 6.09 Å². The van der Waals surface area contributed by atoms with Crippen molar-refractivity contribution in [3.63, 3.8) is 0 Å². The van der Waals surface area contributed by atoms with Crippen molar-refractivity contribution >= 4 is 46.8 Å². The number of carbonyl (C=O) groups excluding carboxylic acids is 3. The maximum atomic E-state index is 13.6. The van der Waals surface area contributed by atoms with Crippen LogP contribution in [0.3, 0.4) is 0 Å². The molecule has 18 heteroatoms. The third kappa shape index (κ3) is 20.6. The normalized spacial score (nSPS) is 15.2. The molecule has 1 fully saturated rings. The smallest absolute Gasteiger partial charge is 0.407 e. The number of likely N-dealkylation sites (N-methyl/N-ethyl adjacent to an activating group) is 1. The lowest BCUT2D eigenvalue weighted by atomic mass is 10.0. The quantitative estimate of drug-likeness (QED) is 0.0919. The number of alkyl carbamates (subject to hydrolysis) is 1. The zero-order valence-corrected chi connectivity index (χ0v) is 36.9. The van der Waals surface area contributed by atoms with E-state index < -0.39 is 30.2 Å². The number of carbonyl (C=O) groups is 3. The molecule has 3 atom stereocenters. The van der Waals surface area contributed by atoms with E-state index in [9.17, 15) is 19.5 Å². The van der Waals surface area contributed by atoms with Crippen molar-refractivity contribution in [3.05, 3.63) is 63.6 Å². The maximum absolute atomic E-state index is 13.6. The summed E-state index contributed by atoms with van der Waals surface area (Å²) in [5.41, 5.74) is 2.02. The fraction of sp³-hybridized carbons (Fsp3) is 0.643. The number of aliphatic hydroxyl groups is 1. The van der Waals surface area contributed by atoms with Crippen molar-refractivity contribution in [1.29, 1.82) is 0 Å². The molecule has 2 aromatic carbocycles. The fourth-order valence-electron chi connectivity index (χ4n) is 6.08. The van der Waals surface area contributed by atoms with Gasteiger partial charge in [-0.1, -0.05) is 55.2 Å². The summed E-state index contributed by atoms with van der Waals surface area (Å²) in [5.74, 6) is -0.816. The molecule has 1 saturated heterocycles. The molecule has 0 bridgehead atoms. The van der Waals surface area contributed by atoms with Gasteiger partial charge in [0.1, 0.15) is 12.6 Å². The number of ether oxygens (including phenoxy) is 8. The Bertz CT molecular complexity index is 1540. The van der Waals surface area contributed by atoms with E-state index in [1.807, 2.05) is 26.0 Å². The molecule has 1 heterocycles. The highest BCUT2D eigenvalue weighted by molar-refractivity contribution is 6.42. The number of methoxy groups -OCH3 is 1. The average molecular weight is 888 g/mol. The number of amides is 3. The van der Waals surface area contributed by atoms with E-state index >= 15 is 0 Å². The summed E-state index contributed by atoms with van der Waals surface area (Å²) in [6.45, 7) is 11.0. The number of aliphatic hydroxyl groups excluding tert-OH is 1. The van der Waals surface area contributed by atoms with Gasteiger partial charge in [-0.15, -0.1) is 0 Å². The van der Waals surface area contributed by atoms with Crippen LogP contribution in [0.1, 0.15) is 37.4 Å². The van der Waals surface area contributed by atoms with Gasteiger partial charge in [-0.2, -0.15) is 0 Å². The number of hydrogen-bond donors (Lipinski definition) is 3. The van der Waals surface area contributed by atoms with E-state index in [2.05, 4.69) is 15.5 Å². The number of halogens is 2. The van der Waals surface area contributed by atoms with Gasteiger partial charge in [-0.3, -0.25) is 14.5 Å².